The van der Waals surface area contributed by atoms with Crippen LogP contribution in [0.5, 0.6) is 0 Å². The molecule has 0 amide bonds. The van der Waals surface area contributed by atoms with Gasteiger partial charge in [0.15, 0.2) is 10.8 Å². The lowest BCUT2D eigenvalue weighted by molar-refractivity contribution is 0.423. The van der Waals surface area contributed by atoms with Crippen molar-refractivity contribution in [3.8, 4) is 9.88 Å². The van der Waals surface area contributed by atoms with E-state index in [1.54, 1.807) is 22.7 Å². The van der Waals surface area contributed by atoms with E-state index >= 15 is 0 Å². The predicted molar refractivity (Wildman–Crippen MR) is 82.2 cm³/mol. The Hall–Kier alpha value is -1.47. The van der Waals surface area contributed by atoms with Gasteiger partial charge in [-0.05, 0) is 25.0 Å². The number of nitrogens with two attached hydrogens (primary N) is 1. The van der Waals surface area contributed by atoms with Gasteiger partial charge >= 0.3 is 0 Å². The molecule has 0 radical (unpaired) electrons. The quantitative estimate of drug-likeness (QED) is 0.786. The average molecular weight is 305 g/mol. The highest BCUT2D eigenvalue weighted by Crippen LogP contribution is 2.35. The Kier molecular flexibility index (Phi) is 2.96. The summed E-state index contributed by atoms with van der Waals surface area (Å²) in [5, 5.41) is 15.1. The summed E-state index contributed by atoms with van der Waals surface area (Å²) in [5.74, 6) is 1.55. The Morgan fingerprint density at radius 3 is 2.70 bits per heavy atom. The van der Waals surface area contributed by atoms with E-state index in [-0.39, 0.29) is 0 Å². The molecule has 5 nitrogen and oxygen atoms in total. The van der Waals surface area contributed by atoms with Gasteiger partial charge in [0.05, 0.1) is 9.88 Å². The molecule has 4 rings (SSSR count). The van der Waals surface area contributed by atoms with Gasteiger partial charge in [0.2, 0.25) is 4.96 Å². The molecular formula is C13H15N5S2. The minimum atomic E-state index is 0.516. The van der Waals surface area contributed by atoms with Crippen LogP contribution in [0.25, 0.3) is 14.8 Å². The first-order chi connectivity index (χ1) is 9.81. The van der Waals surface area contributed by atoms with Crippen LogP contribution in [0.15, 0.2) is 12.1 Å². The fourth-order valence-corrected chi connectivity index (χ4v) is 4.49. The molecule has 20 heavy (non-hydrogen) atoms. The fraction of sp³-hybridized carbons (Fsp3) is 0.462. The summed E-state index contributed by atoms with van der Waals surface area (Å²) in [6.07, 6.45) is 6.34. The minimum Gasteiger partial charge on any atom is -0.391 e. The van der Waals surface area contributed by atoms with Crippen LogP contribution < -0.4 is 5.73 Å². The molecule has 0 bridgehead atoms. The van der Waals surface area contributed by atoms with Gasteiger partial charge in [0.25, 0.3) is 0 Å². The molecule has 2 N–H and O–H groups in total. The van der Waals surface area contributed by atoms with Crippen molar-refractivity contribution >= 4 is 32.6 Å². The monoisotopic (exact) mass is 305 g/mol. The van der Waals surface area contributed by atoms with Crippen LogP contribution in [0.2, 0.25) is 0 Å². The first kappa shape index (κ1) is 12.3. The second-order valence-corrected chi connectivity index (χ2v) is 7.27. The molecule has 0 aliphatic heterocycles. The summed E-state index contributed by atoms with van der Waals surface area (Å²) in [6.45, 7) is 0. The van der Waals surface area contributed by atoms with Crippen molar-refractivity contribution in [1.82, 2.24) is 19.8 Å². The van der Waals surface area contributed by atoms with Gasteiger partial charge < -0.3 is 5.73 Å². The van der Waals surface area contributed by atoms with Crippen LogP contribution in [0, 0.1) is 0 Å². The maximum Gasteiger partial charge on any atom is 0.235 e. The van der Waals surface area contributed by atoms with Gasteiger partial charge in [-0.3, -0.25) is 0 Å². The highest BCUT2D eigenvalue weighted by Gasteiger charge is 2.23. The molecule has 3 aromatic rings. The summed E-state index contributed by atoms with van der Waals surface area (Å²) < 4.78 is 1.94. The summed E-state index contributed by atoms with van der Waals surface area (Å²) >= 11 is 3.15. The van der Waals surface area contributed by atoms with Crippen molar-refractivity contribution < 1.29 is 0 Å². The third kappa shape index (κ3) is 2.01. The first-order valence-corrected chi connectivity index (χ1v) is 8.52. The van der Waals surface area contributed by atoms with Crippen molar-refractivity contribution in [2.75, 3.05) is 5.73 Å². The molecule has 0 unspecified atom stereocenters. The molecule has 0 saturated heterocycles. The molecule has 1 fully saturated rings. The molecule has 1 aliphatic carbocycles. The number of aromatic nitrogens is 4. The first-order valence-electron chi connectivity index (χ1n) is 6.89. The number of nitrogens with zero attached hydrogens (tertiary/aromatic N) is 4. The van der Waals surface area contributed by atoms with E-state index in [9.17, 15) is 0 Å². The summed E-state index contributed by atoms with van der Waals surface area (Å²) in [4.78, 5) is 1.99. The lowest BCUT2D eigenvalue weighted by atomic mass is 9.89. The third-order valence-electron chi connectivity index (χ3n) is 3.82. The van der Waals surface area contributed by atoms with Crippen LogP contribution >= 0.6 is 22.7 Å². The average Bonchev–Trinajstić information content (AvgIpc) is 3.13. The molecule has 104 valence electrons. The summed E-state index contributed by atoms with van der Waals surface area (Å²) in [6, 6.07) is 3.94. The van der Waals surface area contributed by atoms with Crippen LogP contribution in [0.4, 0.5) is 5.00 Å². The molecule has 1 aliphatic rings. The molecular weight excluding hydrogens is 290 g/mol. The van der Waals surface area contributed by atoms with Crippen molar-refractivity contribution in [1.29, 1.82) is 0 Å². The van der Waals surface area contributed by atoms with Crippen molar-refractivity contribution in [2.45, 2.75) is 38.0 Å². The van der Waals surface area contributed by atoms with Crippen molar-refractivity contribution in [3.05, 3.63) is 18.0 Å². The zero-order valence-corrected chi connectivity index (χ0v) is 12.6. The van der Waals surface area contributed by atoms with E-state index in [1.807, 2.05) is 16.6 Å². The Bertz CT molecular complexity index is 735. The predicted octanol–water partition coefficient (Wildman–Crippen LogP) is 3.54. The number of thiophene rings is 1. The molecule has 3 aromatic heterocycles. The van der Waals surface area contributed by atoms with Gasteiger partial charge in [-0.1, -0.05) is 30.6 Å². The van der Waals surface area contributed by atoms with Gasteiger partial charge in [0.1, 0.15) is 0 Å². The topological polar surface area (TPSA) is 69.1 Å². The number of nitrogen functional groups attached to an aromatic ring is 1. The van der Waals surface area contributed by atoms with Crippen LogP contribution in [0.1, 0.15) is 43.8 Å². The Labute approximate surface area is 124 Å². The van der Waals surface area contributed by atoms with Gasteiger partial charge in [-0.2, -0.15) is 9.61 Å². The molecule has 0 aromatic carbocycles. The summed E-state index contributed by atoms with van der Waals surface area (Å²) in [7, 11) is 0. The summed E-state index contributed by atoms with van der Waals surface area (Å²) in [5.41, 5.74) is 5.79. The van der Waals surface area contributed by atoms with Crippen molar-refractivity contribution in [3.63, 3.8) is 0 Å². The van der Waals surface area contributed by atoms with Gasteiger partial charge in [0, 0.05) is 5.92 Å². The number of hydrogen-bond acceptors (Lipinski definition) is 6. The van der Waals surface area contributed by atoms with Crippen molar-refractivity contribution in [2.24, 2.45) is 0 Å². The molecule has 1 saturated carbocycles. The number of fused-ring (bicyclic) bond motifs is 1. The molecule has 0 atom stereocenters. The molecule has 0 spiro atoms. The zero-order chi connectivity index (χ0) is 13.5. The molecule has 7 heteroatoms. The lowest BCUT2D eigenvalue weighted by Gasteiger charge is -2.18. The Morgan fingerprint density at radius 2 is 1.95 bits per heavy atom. The lowest BCUT2D eigenvalue weighted by Crippen LogP contribution is -2.09. The Balaban J connectivity index is 1.74. The largest absolute Gasteiger partial charge is 0.391 e. The van der Waals surface area contributed by atoms with Crippen LogP contribution in [-0.4, -0.2) is 19.8 Å². The number of hydrogen-bond donors (Lipinski definition) is 1. The molecule has 3 heterocycles. The number of rotatable bonds is 2. The second kappa shape index (κ2) is 4.82. The van der Waals surface area contributed by atoms with Crippen LogP contribution in [0.3, 0.4) is 0 Å². The van der Waals surface area contributed by atoms with E-state index in [0.29, 0.717) is 5.92 Å². The zero-order valence-electron chi connectivity index (χ0n) is 11.0. The van der Waals surface area contributed by atoms with E-state index < -0.39 is 0 Å². The van der Waals surface area contributed by atoms with E-state index in [1.165, 1.54) is 32.1 Å². The van der Waals surface area contributed by atoms with Gasteiger partial charge in [-0.25, -0.2) is 0 Å². The highest BCUT2D eigenvalue weighted by atomic mass is 32.1. The van der Waals surface area contributed by atoms with E-state index in [4.69, 9.17) is 10.8 Å². The minimum absolute atomic E-state index is 0.516. The standard InChI is InChI=1S/C13H15N5S2/c14-10-7-6-9(19-10)12-17-18-11(15-16-13(18)20-12)8-4-2-1-3-5-8/h6-8H,1-5,14H2. The van der Waals surface area contributed by atoms with Crippen LogP contribution in [-0.2, 0) is 0 Å². The normalized spacial score (nSPS) is 17.0. The van der Waals surface area contributed by atoms with E-state index in [0.717, 1.165) is 25.7 Å². The maximum absolute atomic E-state index is 5.79. The van der Waals surface area contributed by atoms with E-state index in [2.05, 4.69) is 10.2 Å². The fourth-order valence-electron chi connectivity index (χ4n) is 2.81. The second-order valence-electron chi connectivity index (χ2n) is 5.20. The third-order valence-corrected chi connectivity index (χ3v) is 5.81. The Morgan fingerprint density at radius 1 is 1.10 bits per heavy atom. The maximum atomic E-state index is 5.79. The number of anilines is 1. The smallest absolute Gasteiger partial charge is 0.235 e. The highest BCUT2D eigenvalue weighted by molar-refractivity contribution is 7.25. The SMILES string of the molecule is Nc1ccc(-c2nn3c(C4CCCCC4)nnc3s2)s1. The van der Waals surface area contributed by atoms with Gasteiger partial charge in [-0.15, -0.1) is 21.5 Å².